The van der Waals surface area contributed by atoms with Crippen LogP contribution in [0.1, 0.15) is 13.3 Å². The molecule has 10 heteroatoms. The van der Waals surface area contributed by atoms with E-state index in [1.165, 1.54) is 6.92 Å². The Hall–Kier alpha value is -1.71. The molecule has 4 atom stereocenters. The Labute approximate surface area is 126 Å². The zero-order chi connectivity index (χ0) is 17.6. The summed E-state index contributed by atoms with van der Waals surface area (Å²) in [6.45, 7) is 1.31. The number of fused-ring (bicyclic) bond motifs is 1. The van der Waals surface area contributed by atoms with Gasteiger partial charge in [-0.05, 0) is 12.5 Å². The van der Waals surface area contributed by atoms with Crippen LogP contribution in [0.25, 0.3) is 0 Å². The quantitative estimate of drug-likeness (QED) is 0.779. The maximum atomic E-state index is 12.9. The van der Waals surface area contributed by atoms with Crippen molar-refractivity contribution >= 4 is 5.97 Å². The number of hydrogen-bond donors (Lipinski definition) is 1. The normalized spacial score (nSPS) is 31.8. The molecule has 0 saturated carbocycles. The second kappa shape index (κ2) is 5.73. The van der Waals surface area contributed by atoms with Crippen LogP contribution in [0.2, 0.25) is 0 Å². The summed E-state index contributed by atoms with van der Waals surface area (Å²) in [6, 6.07) is 0. The molecule has 0 bridgehead atoms. The predicted molar refractivity (Wildman–Crippen MR) is 62.9 cm³/mol. The fraction of sp³-hybridized carbons (Fsp3) is 0.615. The topological polar surface area (TPSA) is 55.8 Å². The first-order chi connectivity index (χ1) is 10.4. The Kier molecular flexibility index (Phi) is 4.40. The number of aliphatic carboxylic acids is 1. The minimum absolute atomic E-state index is 0.240. The van der Waals surface area contributed by atoms with Crippen LogP contribution in [-0.2, 0) is 14.3 Å². The molecule has 0 aromatic heterocycles. The fourth-order valence-corrected chi connectivity index (χ4v) is 2.73. The van der Waals surface area contributed by atoms with Gasteiger partial charge in [-0.2, -0.15) is 13.2 Å². The van der Waals surface area contributed by atoms with Gasteiger partial charge in [0.1, 0.15) is 5.76 Å². The van der Waals surface area contributed by atoms with Crippen molar-refractivity contribution in [1.82, 2.24) is 0 Å². The number of carbonyl (C=O) groups is 1. The molecule has 0 aromatic rings. The van der Waals surface area contributed by atoms with Crippen LogP contribution >= 0.6 is 0 Å². The third kappa shape index (κ3) is 3.80. The van der Waals surface area contributed by atoms with Crippen molar-refractivity contribution in [2.45, 2.75) is 38.1 Å². The van der Waals surface area contributed by atoms with Crippen LogP contribution in [0.4, 0.5) is 26.3 Å². The van der Waals surface area contributed by atoms with Crippen molar-refractivity contribution in [2.24, 2.45) is 11.8 Å². The van der Waals surface area contributed by atoms with Crippen molar-refractivity contribution < 1.29 is 45.7 Å². The molecule has 0 fully saturated rings. The lowest BCUT2D eigenvalue weighted by atomic mass is 9.78. The molecule has 2 aliphatic rings. The monoisotopic (exact) mass is 346 g/mol. The molecule has 0 aromatic carbocycles. The summed E-state index contributed by atoms with van der Waals surface area (Å²) in [5, 5.41) is 8.93. The highest BCUT2D eigenvalue weighted by Crippen LogP contribution is 2.43. The van der Waals surface area contributed by atoms with Crippen LogP contribution in [0.5, 0.6) is 0 Å². The Morgan fingerprint density at radius 1 is 1.30 bits per heavy atom. The van der Waals surface area contributed by atoms with E-state index in [0.29, 0.717) is 0 Å². The highest BCUT2D eigenvalue weighted by molar-refractivity contribution is 5.88. The maximum Gasteiger partial charge on any atom is 0.572 e. The minimum Gasteiger partial charge on any atom is -0.478 e. The molecule has 0 amide bonds. The van der Waals surface area contributed by atoms with Gasteiger partial charge in [0.25, 0.3) is 0 Å². The lowest BCUT2D eigenvalue weighted by molar-refractivity contribution is -0.311. The Balaban J connectivity index is 2.32. The zero-order valence-electron chi connectivity index (χ0n) is 11.6. The van der Waals surface area contributed by atoms with Crippen molar-refractivity contribution in [1.29, 1.82) is 0 Å². The number of allylic oxidation sites excluding steroid dienone is 1. The van der Waals surface area contributed by atoms with Crippen molar-refractivity contribution in [3.05, 3.63) is 23.5 Å². The van der Waals surface area contributed by atoms with Crippen LogP contribution in [-0.4, -0.2) is 35.8 Å². The van der Waals surface area contributed by atoms with E-state index < -0.39 is 53.9 Å². The molecular formula is C13H12F6O4. The molecule has 1 N–H and O–H groups in total. The van der Waals surface area contributed by atoms with E-state index >= 15 is 0 Å². The molecule has 4 nitrogen and oxygen atoms in total. The van der Waals surface area contributed by atoms with Crippen molar-refractivity contribution in [3.63, 3.8) is 0 Å². The Morgan fingerprint density at radius 3 is 2.39 bits per heavy atom. The maximum absolute atomic E-state index is 12.9. The SMILES string of the molecule is C[C@H]1C(OC(F)(F)F)=CCC2OC(C(F)(F)F)C(C(=O)O)=CC21. The molecule has 0 radical (unpaired) electrons. The molecule has 0 saturated heterocycles. The third-order valence-corrected chi connectivity index (χ3v) is 3.75. The molecule has 0 spiro atoms. The third-order valence-electron chi connectivity index (χ3n) is 3.75. The summed E-state index contributed by atoms with van der Waals surface area (Å²) in [6.07, 6.45) is -11.9. The largest absolute Gasteiger partial charge is 0.572 e. The highest BCUT2D eigenvalue weighted by Gasteiger charge is 2.52. The van der Waals surface area contributed by atoms with E-state index in [1.54, 1.807) is 0 Å². The number of ether oxygens (including phenoxy) is 2. The van der Waals surface area contributed by atoms with E-state index in [2.05, 4.69) is 4.74 Å². The van der Waals surface area contributed by atoms with Gasteiger partial charge in [0, 0.05) is 11.8 Å². The van der Waals surface area contributed by atoms with Crippen LogP contribution in [0.3, 0.4) is 0 Å². The second-order valence-electron chi connectivity index (χ2n) is 5.28. The summed E-state index contributed by atoms with van der Waals surface area (Å²) >= 11 is 0. The van der Waals surface area contributed by atoms with Gasteiger partial charge in [-0.15, -0.1) is 13.2 Å². The summed E-state index contributed by atoms with van der Waals surface area (Å²) in [4.78, 5) is 11.0. The average Bonchev–Trinajstić information content (AvgIpc) is 2.38. The number of carboxylic acid groups (broad SMARTS) is 1. The van der Waals surface area contributed by atoms with Gasteiger partial charge >= 0.3 is 18.5 Å². The molecule has 23 heavy (non-hydrogen) atoms. The summed E-state index contributed by atoms with van der Waals surface area (Å²) < 4.78 is 84.2. The van der Waals surface area contributed by atoms with E-state index in [4.69, 9.17) is 9.84 Å². The minimum atomic E-state index is -4.93. The fourth-order valence-electron chi connectivity index (χ4n) is 2.73. The van der Waals surface area contributed by atoms with Gasteiger partial charge in [-0.3, -0.25) is 0 Å². The van der Waals surface area contributed by atoms with Crippen LogP contribution in [0.15, 0.2) is 23.5 Å². The van der Waals surface area contributed by atoms with Gasteiger partial charge in [-0.1, -0.05) is 13.0 Å². The second-order valence-corrected chi connectivity index (χ2v) is 5.28. The first kappa shape index (κ1) is 17.6. The number of hydrogen-bond acceptors (Lipinski definition) is 3. The zero-order valence-corrected chi connectivity index (χ0v) is 11.6. The van der Waals surface area contributed by atoms with Gasteiger partial charge in [0.05, 0.1) is 11.7 Å². The molecule has 3 unspecified atom stereocenters. The van der Waals surface area contributed by atoms with E-state index in [9.17, 15) is 31.1 Å². The van der Waals surface area contributed by atoms with E-state index in [1.807, 2.05) is 0 Å². The lowest BCUT2D eigenvalue weighted by Crippen LogP contribution is -2.47. The van der Waals surface area contributed by atoms with Gasteiger partial charge < -0.3 is 14.6 Å². The molecule has 1 heterocycles. The molecule has 2 rings (SSSR count). The number of halogens is 6. The molecule has 1 aliphatic carbocycles. The Bertz CT molecular complexity index is 548. The van der Waals surface area contributed by atoms with E-state index in [0.717, 1.165) is 12.2 Å². The number of carboxylic acids is 1. The first-order valence-corrected chi connectivity index (χ1v) is 6.53. The molecule has 1 aliphatic heterocycles. The summed E-state index contributed by atoms with van der Waals surface area (Å²) in [7, 11) is 0. The number of rotatable bonds is 2. The highest BCUT2D eigenvalue weighted by atomic mass is 19.4. The standard InChI is InChI=1S/C13H12F6O4/c1-5-6-4-7(11(20)21)10(12(14,15)16)22-9(6)3-2-8(5)23-13(17,18)19/h2,4-6,9-10H,3H2,1H3,(H,20,21)/t5-,6?,9?,10?/m1/s1. The molecule has 130 valence electrons. The van der Waals surface area contributed by atoms with Crippen LogP contribution in [0, 0.1) is 11.8 Å². The van der Waals surface area contributed by atoms with Crippen molar-refractivity contribution in [2.75, 3.05) is 0 Å². The van der Waals surface area contributed by atoms with Gasteiger partial charge in [0.2, 0.25) is 0 Å². The molecular weight excluding hydrogens is 334 g/mol. The summed E-state index contributed by atoms with van der Waals surface area (Å²) in [5.41, 5.74) is -1.03. The predicted octanol–water partition coefficient (Wildman–Crippen LogP) is 3.40. The number of alkyl halides is 6. The van der Waals surface area contributed by atoms with Gasteiger partial charge in [-0.25, -0.2) is 4.79 Å². The average molecular weight is 346 g/mol. The van der Waals surface area contributed by atoms with E-state index in [-0.39, 0.29) is 6.42 Å². The lowest BCUT2D eigenvalue weighted by Gasteiger charge is -2.40. The van der Waals surface area contributed by atoms with Crippen molar-refractivity contribution in [3.8, 4) is 0 Å². The van der Waals surface area contributed by atoms with Crippen LogP contribution < -0.4 is 0 Å². The Morgan fingerprint density at radius 2 is 1.91 bits per heavy atom. The smallest absolute Gasteiger partial charge is 0.478 e. The summed E-state index contributed by atoms with van der Waals surface area (Å²) in [5.74, 6) is -4.22. The van der Waals surface area contributed by atoms with Gasteiger partial charge in [0.15, 0.2) is 6.10 Å². The first-order valence-electron chi connectivity index (χ1n) is 6.53.